The third-order valence-electron chi connectivity index (χ3n) is 8.16. The van der Waals surface area contributed by atoms with Crippen LogP contribution in [0.4, 0.5) is 0 Å². The molecule has 0 saturated heterocycles. The number of methoxy groups -OCH3 is 1. The molecule has 1 N–H and O–H groups in total. The van der Waals surface area contributed by atoms with Gasteiger partial charge in [0.2, 0.25) is 0 Å². The Kier molecular flexibility index (Phi) is 7.93. The quantitative estimate of drug-likeness (QED) is 0.177. The van der Waals surface area contributed by atoms with Gasteiger partial charge in [-0.2, -0.15) is 0 Å². The zero-order valence-corrected chi connectivity index (χ0v) is 25.8. The zero-order chi connectivity index (χ0) is 30.1. The average molecular weight is 593 g/mol. The van der Waals surface area contributed by atoms with E-state index >= 15 is 0 Å². The molecule has 0 saturated carbocycles. The lowest BCUT2D eigenvalue weighted by atomic mass is 9.87. The van der Waals surface area contributed by atoms with Crippen molar-refractivity contribution in [1.29, 1.82) is 0 Å². The highest BCUT2D eigenvalue weighted by Crippen LogP contribution is 2.48. The highest BCUT2D eigenvalue weighted by molar-refractivity contribution is 8.00. The lowest BCUT2D eigenvalue weighted by Crippen LogP contribution is -2.28. The van der Waals surface area contributed by atoms with Gasteiger partial charge in [0.05, 0.1) is 23.7 Å². The van der Waals surface area contributed by atoms with E-state index in [1.165, 1.54) is 15.8 Å². The normalized spacial score (nSPS) is 14.6. The van der Waals surface area contributed by atoms with Crippen LogP contribution in [0.1, 0.15) is 43.3 Å². The SMILES string of the molecule is COc1ccc(Cn2c(CC(C)(C)C(=O)O)c3c4c(c(OCc5ccc(-c6ccccc6)cn5)ccc42)CC(C)S3)cc1. The predicted octanol–water partition coefficient (Wildman–Crippen LogP) is 8.03. The Labute approximate surface area is 256 Å². The van der Waals surface area contributed by atoms with Crippen LogP contribution in [0.3, 0.4) is 0 Å². The molecule has 1 aliphatic rings. The monoisotopic (exact) mass is 592 g/mol. The van der Waals surface area contributed by atoms with Crippen molar-refractivity contribution in [2.45, 2.75) is 56.9 Å². The second kappa shape index (κ2) is 11.8. The summed E-state index contributed by atoms with van der Waals surface area (Å²) in [5.41, 5.74) is 6.64. The minimum atomic E-state index is -0.916. The average Bonchev–Trinajstić information content (AvgIpc) is 3.29. The summed E-state index contributed by atoms with van der Waals surface area (Å²) in [6, 6.07) is 26.6. The zero-order valence-electron chi connectivity index (χ0n) is 25.0. The number of benzene rings is 3. The molecule has 6 nitrogen and oxygen atoms in total. The molecule has 0 fully saturated rings. The van der Waals surface area contributed by atoms with Crippen LogP contribution < -0.4 is 9.47 Å². The van der Waals surface area contributed by atoms with Crippen LogP contribution >= 0.6 is 11.8 Å². The number of thioether (sulfide) groups is 1. The Bertz CT molecular complexity index is 1760. The van der Waals surface area contributed by atoms with Gasteiger partial charge < -0.3 is 19.1 Å². The molecule has 0 spiro atoms. The summed E-state index contributed by atoms with van der Waals surface area (Å²) < 4.78 is 14.1. The number of nitrogens with zero attached hydrogens (tertiary/aromatic N) is 2. The number of carboxylic acid groups (broad SMARTS) is 1. The van der Waals surface area contributed by atoms with E-state index in [2.05, 4.69) is 58.9 Å². The Morgan fingerprint density at radius 3 is 2.47 bits per heavy atom. The number of pyridine rings is 1. The van der Waals surface area contributed by atoms with Crippen LogP contribution in [-0.2, 0) is 30.8 Å². The maximum absolute atomic E-state index is 12.2. The van der Waals surface area contributed by atoms with Crippen LogP contribution in [0, 0.1) is 5.41 Å². The molecule has 0 aliphatic carbocycles. The molecule has 5 aromatic rings. The van der Waals surface area contributed by atoms with Crippen LogP contribution in [-0.4, -0.2) is 33.0 Å². The summed E-state index contributed by atoms with van der Waals surface area (Å²) in [6.45, 7) is 6.85. The fraction of sp³-hybridized carbons (Fsp3) is 0.278. The van der Waals surface area contributed by atoms with Crippen molar-refractivity contribution < 1.29 is 19.4 Å². The van der Waals surface area contributed by atoms with Gasteiger partial charge in [-0.25, -0.2) is 0 Å². The second-order valence-electron chi connectivity index (χ2n) is 11.8. The Morgan fingerprint density at radius 1 is 1.02 bits per heavy atom. The standard InChI is InChI=1S/C36H36N2O4S/c1-23-18-29-32(42-22-27-13-12-26(20-37-27)25-8-6-5-7-9-25)17-16-30-33(29)34(43-23)31(19-36(2,3)35(39)40)38(30)21-24-10-14-28(41-4)15-11-24/h5-17,20,23H,18-19,21-22H2,1-4H3,(H,39,40). The lowest BCUT2D eigenvalue weighted by Gasteiger charge is -2.24. The van der Waals surface area contributed by atoms with Crippen LogP contribution in [0.25, 0.3) is 22.0 Å². The maximum atomic E-state index is 12.2. The van der Waals surface area contributed by atoms with Gasteiger partial charge in [-0.15, -0.1) is 11.8 Å². The van der Waals surface area contributed by atoms with Crippen molar-refractivity contribution >= 4 is 28.6 Å². The van der Waals surface area contributed by atoms with Gasteiger partial charge in [-0.05, 0) is 61.7 Å². The predicted molar refractivity (Wildman–Crippen MR) is 172 cm³/mol. The second-order valence-corrected chi connectivity index (χ2v) is 13.3. The molecule has 220 valence electrons. The lowest BCUT2D eigenvalue weighted by molar-refractivity contribution is -0.146. The number of hydrogen-bond donors (Lipinski definition) is 1. The summed E-state index contributed by atoms with van der Waals surface area (Å²) in [6.07, 6.45) is 3.20. The molecular weight excluding hydrogens is 556 g/mol. The van der Waals surface area contributed by atoms with E-state index in [0.717, 1.165) is 51.5 Å². The van der Waals surface area contributed by atoms with Gasteiger partial charge in [0.1, 0.15) is 18.1 Å². The third-order valence-corrected chi connectivity index (χ3v) is 9.40. The van der Waals surface area contributed by atoms with Crippen molar-refractivity contribution in [3.8, 4) is 22.6 Å². The molecule has 7 heteroatoms. The molecule has 0 bridgehead atoms. The summed E-state index contributed by atoms with van der Waals surface area (Å²) in [7, 11) is 1.66. The number of carbonyl (C=O) groups is 1. The first-order valence-corrected chi connectivity index (χ1v) is 15.4. The van der Waals surface area contributed by atoms with Crippen molar-refractivity contribution in [2.24, 2.45) is 5.41 Å². The van der Waals surface area contributed by atoms with E-state index in [-0.39, 0.29) is 0 Å². The summed E-state index contributed by atoms with van der Waals surface area (Å²) in [5.74, 6) is 0.870. The Balaban J connectivity index is 1.37. The fourth-order valence-corrected chi connectivity index (χ4v) is 7.05. The van der Waals surface area contributed by atoms with Gasteiger partial charge >= 0.3 is 5.97 Å². The molecular formula is C36H36N2O4S. The summed E-state index contributed by atoms with van der Waals surface area (Å²) >= 11 is 1.84. The number of rotatable bonds is 10. The fourth-order valence-electron chi connectivity index (χ4n) is 5.73. The molecule has 6 rings (SSSR count). The van der Waals surface area contributed by atoms with Gasteiger partial charge in [-0.1, -0.05) is 55.5 Å². The minimum absolute atomic E-state index is 0.326. The highest BCUT2D eigenvalue weighted by Gasteiger charge is 2.34. The van der Waals surface area contributed by atoms with Crippen molar-refractivity contribution in [3.63, 3.8) is 0 Å². The topological polar surface area (TPSA) is 73.6 Å². The summed E-state index contributed by atoms with van der Waals surface area (Å²) in [5, 5.41) is 11.6. The molecule has 3 heterocycles. The van der Waals surface area contributed by atoms with E-state index in [9.17, 15) is 9.90 Å². The molecule has 1 unspecified atom stereocenters. The first-order valence-electron chi connectivity index (χ1n) is 14.6. The van der Waals surface area contributed by atoms with Crippen molar-refractivity contribution in [1.82, 2.24) is 9.55 Å². The van der Waals surface area contributed by atoms with E-state index in [0.29, 0.717) is 24.8 Å². The van der Waals surface area contributed by atoms with Crippen molar-refractivity contribution in [2.75, 3.05) is 7.11 Å². The number of hydrogen-bond acceptors (Lipinski definition) is 5. The largest absolute Gasteiger partial charge is 0.497 e. The van der Waals surface area contributed by atoms with Crippen molar-refractivity contribution in [3.05, 3.63) is 108 Å². The molecule has 1 aliphatic heterocycles. The number of aromatic nitrogens is 2. The maximum Gasteiger partial charge on any atom is 0.309 e. The first kappa shape index (κ1) is 28.9. The van der Waals surface area contributed by atoms with Gasteiger partial charge in [0.15, 0.2) is 0 Å². The smallest absolute Gasteiger partial charge is 0.309 e. The Morgan fingerprint density at radius 2 is 1.79 bits per heavy atom. The van der Waals surface area contributed by atoms with Gasteiger partial charge in [0.25, 0.3) is 0 Å². The van der Waals surface area contributed by atoms with Crippen LogP contribution in [0.15, 0.2) is 90.0 Å². The first-order chi connectivity index (χ1) is 20.7. The highest BCUT2D eigenvalue weighted by atomic mass is 32.2. The van der Waals surface area contributed by atoms with Crippen LogP contribution in [0.5, 0.6) is 11.5 Å². The molecule has 3 aromatic carbocycles. The number of aliphatic carboxylic acids is 1. The Hall–Kier alpha value is -4.23. The summed E-state index contributed by atoms with van der Waals surface area (Å²) in [4.78, 5) is 18.1. The van der Waals surface area contributed by atoms with E-state index in [4.69, 9.17) is 9.47 Å². The minimum Gasteiger partial charge on any atom is -0.497 e. The molecule has 0 amide bonds. The molecule has 43 heavy (non-hydrogen) atoms. The van der Waals surface area contributed by atoms with Gasteiger partial charge in [-0.3, -0.25) is 9.78 Å². The number of ether oxygens (including phenoxy) is 2. The van der Waals surface area contributed by atoms with Crippen LogP contribution in [0.2, 0.25) is 0 Å². The van der Waals surface area contributed by atoms with Gasteiger partial charge in [0, 0.05) is 51.5 Å². The van der Waals surface area contributed by atoms with E-state index < -0.39 is 11.4 Å². The van der Waals surface area contributed by atoms with E-state index in [1.807, 2.05) is 54.4 Å². The molecule has 0 radical (unpaired) electrons. The molecule has 2 aromatic heterocycles. The number of carboxylic acids is 1. The van der Waals surface area contributed by atoms with E-state index in [1.54, 1.807) is 21.0 Å². The molecule has 1 atom stereocenters. The third kappa shape index (κ3) is 5.87.